The summed E-state index contributed by atoms with van der Waals surface area (Å²) in [4.78, 5) is 11.6. The van der Waals surface area contributed by atoms with Crippen molar-refractivity contribution in [1.82, 2.24) is 0 Å². The van der Waals surface area contributed by atoms with Crippen molar-refractivity contribution in [3.05, 3.63) is 35.9 Å². The van der Waals surface area contributed by atoms with Gasteiger partial charge in [0, 0.05) is 0 Å². The van der Waals surface area contributed by atoms with Gasteiger partial charge in [-0.1, -0.05) is 30.3 Å². The maximum absolute atomic E-state index is 11.6. The van der Waals surface area contributed by atoms with Gasteiger partial charge < -0.3 is 9.84 Å². The number of ether oxygens (including phenoxy) is 1. The highest BCUT2D eigenvalue weighted by molar-refractivity contribution is 5.77. The van der Waals surface area contributed by atoms with Crippen molar-refractivity contribution in [2.24, 2.45) is 0 Å². The number of carbonyl (C=O) groups is 1. The maximum atomic E-state index is 11.6. The molecule has 0 aliphatic rings. The number of aliphatic hydroxyl groups is 1. The van der Waals surface area contributed by atoms with Gasteiger partial charge in [-0.05, 0) is 12.5 Å². The predicted molar refractivity (Wildman–Crippen MR) is 60.4 cm³/mol. The molecule has 1 rings (SSSR count). The van der Waals surface area contributed by atoms with E-state index in [9.17, 15) is 9.90 Å². The number of hydrogen-bond donors (Lipinski definition) is 1. The topological polar surface area (TPSA) is 46.5 Å². The first kappa shape index (κ1) is 12.3. The summed E-state index contributed by atoms with van der Waals surface area (Å²) in [6, 6.07) is 9.22. The Morgan fingerprint density at radius 3 is 2.69 bits per heavy atom. The Morgan fingerprint density at radius 2 is 2.12 bits per heavy atom. The van der Waals surface area contributed by atoms with Gasteiger partial charge in [0.2, 0.25) is 6.29 Å². The van der Waals surface area contributed by atoms with Crippen LogP contribution in [0.15, 0.2) is 30.3 Å². The fraction of sp³-hybridized carbons (Fsp3) is 0.308. The Hall–Kier alpha value is -1.79. The Balaban J connectivity index is 2.59. The molecule has 2 unspecified atom stereocenters. The Bertz CT molecular complexity index is 378. The number of carbonyl (C=O) groups excluding carboxylic acids is 1. The summed E-state index contributed by atoms with van der Waals surface area (Å²) in [5.74, 6) is 1.34. The van der Waals surface area contributed by atoms with Crippen molar-refractivity contribution >= 4 is 5.97 Å². The number of hydrogen-bond acceptors (Lipinski definition) is 3. The van der Waals surface area contributed by atoms with E-state index in [1.807, 2.05) is 30.3 Å². The van der Waals surface area contributed by atoms with Crippen LogP contribution in [0.2, 0.25) is 0 Å². The lowest BCUT2D eigenvalue weighted by Gasteiger charge is -2.14. The van der Waals surface area contributed by atoms with Crippen molar-refractivity contribution in [2.75, 3.05) is 0 Å². The van der Waals surface area contributed by atoms with Gasteiger partial charge in [0.25, 0.3) is 0 Å². The zero-order valence-electron chi connectivity index (χ0n) is 9.09. The molecule has 0 saturated carbocycles. The van der Waals surface area contributed by atoms with E-state index in [-0.39, 0.29) is 6.42 Å². The monoisotopic (exact) mass is 218 g/mol. The molecule has 3 nitrogen and oxygen atoms in total. The van der Waals surface area contributed by atoms with Crippen LogP contribution < -0.4 is 0 Å². The van der Waals surface area contributed by atoms with E-state index in [4.69, 9.17) is 11.2 Å². The highest BCUT2D eigenvalue weighted by Crippen LogP contribution is 2.16. The lowest BCUT2D eigenvalue weighted by Crippen LogP contribution is -2.21. The van der Waals surface area contributed by atoms with Crippen LogP contribution >= 0.6 is 0 Å². The molecule has 1 aromatic rings. The molecule has 1 aromatic carbocycles. The molecule has 0 spiro atoms. The number of benzene rings is 1. The molecule has 0 radical (unpaired) electrons. The Kier molecular flexibility index (Phi) is 4.56. The number of terminal acetylenes is 1. The molecule has 0 aromatic heterocycles. The van der Waals surface area contributed by atoms with E-state index >= 15 is 0 Å². The molecule has 0 amide bonds. The zero-order chi connectivity index (χ0) is 12.0. The van der Waals surface area contributed by atoms with Gasteiger partial charge in [-0.25, -0.2) is 0 Å². The lowest BCUT2D eigenvalue weighted by molar-refractivity contribution is -0.168. The SMILES string of the molecule is C#CCC(O)OC(=O)C(C)c1ccccc1. The normalized spacial score (nSPS) is 13.6. The molecule has 16 heavy (non-hydrogen) atoms. The summed E-state index contributed by atoms with van der Waals surface area (Å²) in [5.41, 5.74) is 0.848. The van der Waals surface area contributed by atoms with Crippen LogP contribution in [0.4, 0.5) is 0 Å². The van der Waals surface area contributed by atoms with Crippen LogP contribution in [-0.4, -0.2) is 17.4 Å². The van der Waals surface area contributed by atoms with E-state index < -0.39 is 18.2 Å². The molecule has 0 heterocycles. The number of aliphatic hydroxyl groups excluding tert-OH is 1. The third-order valence-corrected chi connectivity index (χ3v) is 2.20. The summed E-state index contributed by atoms with van der Waals surface area (Å²) in [5, 5.41) is 9.23. The largest absolute Gasteiger partial charge is 0.434 e. The summed E-state index contributed by atoms with van der Waals surface area (Å²) < 4.78 is 4.78. The second kappa shape index (κ2) is 5.94. The van der Waals surface area contributed by atoms with E-state index in [0.717, 1.165) is 5.56 Å². The quantitative estimate of drug-likeness (QED) is 0.475. The second-order valence-corrected chi connectivity index (χ2v) is 3.43. The van der Waals surface area contributed by atoms with Crippen molar-refractivity contribution < 1.29 is 14.6 Å². The van der Waals surface area contributed by atoms with Gasteiger partial charge in [0.15, 0.2) is 0 Å². The molecule has 2 atom stereocenters. The van der Waals surface area contributed by atoms with Gasteiger partial charge >= 0.3 is 5.97 Å². The third-order valence-electron chi connectivity index (χ3n) is 2.20. The fourth-order valence-corrected chi connectivity index (χ4v) is 1.26. The average molecular weight is 218 g/mol. The first-order chi connectivity index (χ1) is 7.65. The average Bonchev–Trinajstić information content (AvgIpc) is 2.29. The van der Waals surface area contributed by atoms with Gasteiger partial charge in [-0.15, -0.1) is 12.3 Å². The molecule has 0 fully saturated rings. The smallest absolute Gasteiger partial charge is 0.315 e. The van der Waals surface area contributed by atoms with Gasteiger partial charge in [-0.3, -0.25) is 4.79 Å². The standard InChI is InChI=1S/C13H14O3/c1-3-7-12(14)16-13(15)10(2)11-8-5-4-6-9-11/h1,4-6,8-10,12,14H,7H2,2H3. The Morgan fingerprint density at radius 1 is 1.50 bits per heavy atom. The van der Waals surface area contributed by atoms with Crippen LogP contribution in [0.5, 0.6) is 0 Å². The Labute approximate surface area is 95.1 Å². The van der Waals surface area contributed by atoms with Crippen LogP contribution in [0, 0.1) is 12.3 Å². The van der Waals surface area contributed by atoms with E-state index in [2.05, 4.69) is 5.92 Å². The van der Waals surface area contributed by atoms with Gasteiger partial charge in [-0.2, -0.15) is 0 Å². The maximum Gasteiger partial charge on any atom is 0.315 e. The lowest BCUT2D eigenvalue weighted by atomic mass is 10.0. The van der Waals surface area contributed by atoms with Crippen LogP contribution in [-0.2, 0) is 9.53 Å². The molecule has 84 valence electrons. The van der Waals surface area contributed by atoms with Crippen LogP contribution in [0.25, 0.3) is 0 Å². The summed E-state index contributed by atoms with van der Waals surface area (Å²) in [6.07, 6.45) is 3.78. The van der Waals surface area contributed by atoms with Crippen LogP contribution in [0.3, 0.4) is 0 Å². The molecular weight excluding hydrogens is 204 g/mol. The summed E-state index contributed by atoms with van der Waals surface area (Å²) in [7, 11) is 0. The first-order valence-corrected chi connectivity index (χ1v) is 5.02. The van der Waals surface area contributed by atoms with Crippen LogP contribution in [0.1, 0.15) is 24.8 Å². The molecule has 0 aliphatic heterocycles. The predicted octanol–water partition coefficient (Wildman–Crippen LogP) is 1.67. The number of rotatable bonds is 4. The third kappa shape index (κ3) is 3.41. The molecule has 0 bridgehead atoms. The second-order valence-electron chi connectivity index (χ2n) is 3.43. The highest BCUT2D eigenvalue weighted by atomic mass is 16.6. The molecule has 3 heteroatoms. The minimum atomic E-state index is -1.22. The zero-order valence-corrected chi connectivity index (χ0v) is 9.09. The number of esters is 1. The summed E-state index contributed by atoms with van der Waals surface area (Å²) >= 11 is 0. The van der Waals surface area contributed by atoms with Crippen molar-refractivity contribution in [2.45, 2.75) is 25.6 Å². The molecular formula is C13H14O3. The fourth-order valence-electron chi connectivity index (χ4n) is 1.26. The molecule has 1 N–H and O–H groups in total. The molecule has 0 saturated heterocycles. The first-order valence-electron chi connectivity index (χ1n) is 5.02. The van der Waals surface area contributed by atoms with Crippen molar-refractivity contribution in [3.63, 3.8) is 0 Å². The van der Waals surface area contributed by atoms with Gasteiger partial charge in [0.1, 0.15) is 0 Å². The van der Waals surface area contributed by atoms with Gasteiger partial charge in [0.05, 0.1) is 12.3 Å². The van der Waals surface area contributed by atoms with E-state index in [1.165, 1.54) is 0 Å². The highest BCUT2D eigenvalue weighted by Gasteiger charge is 2.19. The molecule has 0 aliphatic carbocycles. The van der Waals surface area contributed by atoms with E-state index in [0.29, 0.717) is 0 Å². The van der Waals surface area contributed by atoms with Crippen molar-refractivity contribution in [3.8, 4) is 12.3 Å². The minimum Gasteiger partial charge on any atom is -0.434 e. The van der Waals surface area contributed by atoms with E-state index in [1.54, 1.807) is 6.92 Å². The summed E-state index contributed by atoms with van der Waals surface area (Å²) in [6.45, 7) is 1.72. The minimum absolute atomic E-state index is 0.00719. The van der Waals surface area contributed by atoms with Crippen molar-refractivity contribution in [1.29, 1.82) is 0 Å².